The van der Waals surface area contributed by atoms with E-state index in [2.05, 4.69) is 170 Å². The number of hydrogen-bond donors (Lipinski definition) is 0. The van der Waals surface area contributed by atoms with E-state index < -0.39 is 0 Å². The summed E-state index contributed by atoms with van der Waals surface area (Å²) in [6.45, 7) is 33.2. The molecule has 2 unspecified atom stereocenters. The second-order valence-electron chi connectivity index (χ2n) is 24.6. The van der Waals surface area contributed by atoms with E-state index in [1.807, 2.05) is 136 Å². The molecule has 12 heteroatoms. The molecule has 0 radical (unpaired) electrons. The van der Waals surface area contributed by atoms with Crippen LogP contribution >= 0.6 is 136 Å². The lowest BCUT2D eigenvalue weighted by Gasteiger charge is -2.29. The molecule has 0 saturated carbocycles. The molecule has 0 saturated heterocycles. The second kappa shape index (κ2) is 17.8. The lowest BCUT2D eigenvalue weighted by atomic mass is 9.74. The van der Waals surface area contributed by atoms with Crippen molar-refractivity contribution in [3.8, 4) is 80.8 Å². The molecule has 0 spiro atoms. The molecule has 0 nitrogen and oxygen atoms in total. The minimum atomic E-state index is -0.0164. The third-order valence-electron chi connectivity index (χ3n) is 18.7. The molecule has 2 aromatic carbocycles. The summed E-state index contributed by atoms with van der Waals surface area (Å²) in [5.74, 6) is 0.877. The Hall–Kier alpha value is -4.12. The minimum absolute atomic E-state index is 0.0164. The third-order valence-corrected chi connectivity index (χ3v) is 32.9. The van der Waals surface area contributed by atoms with E-state index in [-0.39, 0.29) is 10.8 Å². The Morgan fingerprint density at radius 3 is 0.854 bits per heavy atom. The smallest absolute Gasteiger partial charge is 0.0463 e. The summed E-state index contributed by atoms with van der Waals surface area (Å²) in [7, 11) is 0. The van der Waals surface area contributed by atoms with Crippen molar-refractivity contribution in [2.75, 3.05) is 0 Å². The van der Waals surface area contributed by atoms with Gasteiger partial charge in [-0.05, 0) is 217 Å². The first-order valence-corrected chi connectivity index (χ1v) is 37.9. The summed E-state index contributed by atoms with van der Waals surface area (Å²) in [4.78, 5) is 23.1. The number of hydrogen-bond acceptors (Lipinski definition) is 12. The zero-order valence-corrected chi connectivity index (χ0v) is 57.8. The Labute approximate surface area is 527 Å². The summed E-state index contributed by atoms with van der Waals surface area (Å²) in [6, 6.07) is 29.1. The maximum Gasteiger partial charge on any atom is 0.0463 e. The fraction of sp³-hybridized carbons (Fsp3) is 0.257. The predicted octanol–water partition coefficient (Wildman–Crippen LogP) is 26.7. The van der Waals surface area contributed by atoms with Crippen LogP contribution in [0.15, 0.2) is 72.8 Å². The fourth-order valence-electron chi connectivity index (χ4n) is 15.1. The van der Waals surface area contributed by atoms with E-state index in [1.54, 1.807) is 33.4 Å². The summed E-state index contributed by atoms with van der Waals surface area (Å²) in [5, 5.41) is 0. The highest BCUT2D eigenvalue weighted by Gasteiger charge is 2.48. The normalized spacial score (nSPS) is 16.6. The van der Waals surface area contributed by atoms with Gasteiger partial charge in [0.05, 0.1) is 0 Å². The van der Waals surface area contributed by atoms with Crippen molar-refractivity contribution in [2.45, 2.75) is 120 Å². The van der Waals surface area contributed by atoms with Crippen LogP contribution in [0, 0.1) is 55.4 Å². The molecule has 14 aromatic rings. The van der Waals surface area contributed by atoms with Crippen LogP contribution in [-0.2, 0) is 10.8 Å². The molecule has 12 heterocycles. The van der Waals surface area contributed by atoms with Crippen LogP contribution in [0.2, 0.25) is 0 Å². The van der Waals surface area contributed by atoms with Gasteiger partial charge in [-0.15, -0.1) is 136 Å². The van der Waals surface area contributed by atoms with Gasteiger partial charge in [0.1, 0.15) is 0 Å². The summed E-state index contributed by atoms with van der Waals surface area (Å²) in [6.07, 6.45) is 0. The highest BCUT2D eigenvalue weighted by molar-refractivity contribution is 7.34. The number of rotatable bonds is 4. The largest absolute Gasteiger partial charge is 0.140 e. The molecule has 0 aliphatic heterocycles. The van der Waals surface area contributed by atoms with Crippen LogP contribution in [0.5, 0.6) is 0 Å². The van der Waals surface area contributed by atoms with E-state index in [1.165, 1.54) is 171 Å². The zero-order chi connectivity index (χ0) is 56.2. The van der Waals surface area contributed by atoms with Gasteiger partial charge < -0.3 is 0 Å². The Kier molecular flexibility index (Phi) is 11.3. The first kappa shape index (κ1) is 52.2. The molecule has 0 amide bonds. The summed E-state index contributed by atoms with van der Waals surface area (Å²) < 4.78 is 11.4. The lowest BCUT2D eigenvalue weighted by Crippen LogP contribution is -2.20. The SMILES string of the molecule is Cc1cc2sc(-c3cc4c(s3)-c3c(C)c5c(c(C)c3C4(C)C)-c3sc(-c4cc6sc(C)cc6s4)cc3C5(C)C)cc2s1.Cc1cc2sc(-c3cc4c(s3)-c3c(C)c5c(c(C)c3C4C)-c3sc(-c4cc6sc(C)cc6s4)cc3C5C)cc2s1. The van der Waals surface area contributed by atoms with Gasteiger partial charge >= 0.3 is 0 Å². The van der Waals surface area contributed by atoms with Gasteiger partial charge in [-0.1, -0.05) is 41.5 Å². The van der Waals surface area contributed by atoms with E-state index in [0.717, 1.165) is 0 Å². The van der Waals surface area contributed by atoms with Crippen molar-refractivity contribution in [3.63, 3.8) is 0 Å². The van der Waals surface area contributed by atoms with Crippen LogP contribution in [0.3, 0.4) is 0 Å². The number of thiophene rings is 12. The van der Waals surface area contributed by atoms with Crippen LogP contribution in [0.1, 0.15) is 140 Å². The van der Waals surface area contributed by atoms with Crippen molar-refractivity contribution < 1.29 is 0 Å². The molecule has 408 valence electrons. The van der Waals surface area contributed by atoms with Gasteiger partial charge in [0.15, 0.2) is 0 Å². The highest BCUT2D eigenvalue weighted by Crippen LogP contribution is 2.66. The molecule has 18 rings (SSSR count). The second-order valence-corrected chi connectivity index (χ2v) is 38.2. The van der Waals surface area contributed by atoms with E-state index >= 15 is 0 Å². The molecular weight excluding hydrogens is 1230 g/mol. The van der Waals surface area contributed by atoms with E-state index in [9.17, 15) is 0 Å². The molecule has 0 fully saturated rings. The average Bonchev–Trinajstić information content (AvgIpc) is 3.43. The van der Waals surface area contributed by atoms with Gasteiger partial charge in [0, 0.05) is 138 Å². The minimum Gasteiger partial charge on any atom is -0.140 e. The number of benzene rings is 2. The molecule has 0 bridgehead atoms. The van der Waals surface area contributed by atoms with Gasteiger partial charge in [0.2, 0.25) is 0 Å². The first-order chi connectivity index (χ1) is 39.2. The van der Waals surface area contributed by atoms with Gasteiger partial charge in [-0.25, -0.2) is 0 Å². The van der Waals surface area contributed by atoms with Crippen LogP contribution < -0.4 is 0 Å². The molecular formula is C70H56S12. The van der Waals surface area contributed by atoms with Crippen molar-refractivity contribution >= 4 is 174 Å². The predicted molar refractivity (Wildman–Crippen MR) is 378 cm³/mol. The third kappa shape index (κ3) is 7.15. The van der Waals surface area contributed by atoms with Gasteiger partial charge in [-0.3, -0.25) is 0 Å². The zero-order valence-electron chi connectivity index (χ0n) is 48.0. The average molecular weight is 1280 g/mol. The highest BCUT2D eigenvalue weighted by atomic mass is 32.1. The number of fused-ring (bicyclic) bond motifs is 16. The van der Waals surface area contributed by atoms with Crippen molar-refractivity contribution in [1.82, 2.24) is 0 Å². The Morgan fingerprint density at radius 2 is 0.549 bits per heavy atom. The van der Waals surface area contributed by atoms with Crippen LogP contribution in [-0.4, -0.2) is 0 Å². The van der Waals surface area contributed by atoms with Crippen molar-refractivity contribution in [3.05, 3.63) is 159 Å². The van der Waals surface area contributed by atoms with Crippen molar-refractivity contribution in [1.29, 1.82) is 0 Å². The van der Waals surface area contributed by atoms with Gasteiger partial charge in [0.25, 0.3) is 0 Å². The molecule has 0 N–H and O–H groups in total. The maximum atomic E-state index is 2.52. The van der Waals surface area contributed by atoms with Crippen LogP contribution in [0.25, 0.3) is 118 Å². The topological polar surface area (TPSA) is 0 Å². The quantitative estimate of drug-likeness (QED) is 0.165. The monoisotopic (exact) mass is 1280 g/mol. The Morgan fingerprint density at radius 1 is 0.280 bits per heavy atom. The van der Waals surface area contributed by atoms with Gasteiger partial charge in [-0.2, -0.15) is 0 Å². The summed E-state index contributed by atoms with van der Waals surface area (Å²) in [5.41, 5.74) is 24.5. The molecule has 4 aliphatic carbocycles. The van der Waals surface area contributed by atoms with Crippen molar-refractivity contribution in [2.24, 2.45) is 0 Å². The number of aryl methyl sites for hydroxylation is 4. The first-order valence-electron chi connectivity index (χ1n) is 28.1. The van der Waals surface area contributed by atoms with E-state index in [4.69, 9.17) is 0 Å². The fourth-order valence-corrected chi connectivity index (χ4v) is 30.3. The molecule has 82 heavy (non-hydrogen) atoms. The molecule has 4 aliphatic rings. The standard InChI is InChI=1S/C36H30S6.C34H26S6/c1-15-9-21-25(37-15)13-27(39-21)23-11-19-33(41-23)29-17(3)32-30(18(4)31(29)35(19,5)6)34-20(36(32,7)8)12-24(42-34)28-14-26-22(40-28)10-16(2)38-26;1-13-7-21-25(35-13)11-27(37-21)23-9-19-15(3)29-18(6)32-30(17(5)31(29)33(19)39-23)16(4)20-10-24(40-34(20)32)28-12-26-22(38-28)8-14(2)36-26/h9-14H,1-8H3;7-12,15-16H,1-6H3. The summed E-state index contributed by atoms with van der Waals surface area (Å²) >= 11 is 23.6. The van der Waals surface area contributed by atoms with Crippen LogP contribution in [0.4, 0.5) is 0 Å². The Balaban J connectivity index is 0.000000130. The molecule has 2 atom stereocenters. The Bertz CT molecular complexity index is 4680. The maximum absolute atomic E-state index is 2.52. The molecule has 12 aromatic heterocycles. The van der Waals surface area contributed by atoms with E-state index in [0.29, 0.717) is 11.8 Å². The lowest BCUT2D eigenvalue weighted by molar-refractivity contribution is 0.646.